The molecule has 0 aromatic heterocycles. The molecule has 0 aromatic carbocycles. The lowest BCUT2D eigenvalue weighted by molar-refractivity contribution is 0.399. The number of aliphatic hydroxyl groups is 2. The highest BCUT2D eigenvalue weighted by molar-refractivity contribution is 4.53. The van der Waals surface area contributed by atoms with Crippen LogP contribution in [0.3, 0.4) is 0 Å². The Kier molecular flexibility index (Phi) is 39.8. The summed E-state index contributed by atoms with van der Waals surface area (Å²) in [4.78, 5) is 0. The summed E-state index contributed by atoms with van der Waals surface area (Å²) in [5.41, 5.74) is 0. The fourth-order valence-corrected chi connectivity index (χ4v) is 5.30. The first kappa shape index (κ1) is 36.1. The van der Waals surface area contributed by atoms with Gasteiger partial charge in [-0.1, -0.05) is 193 Å². The van der Waals surface area contributed by atoms with Gasteiger partial charge in [0.2, 0.25) is 0 Å². The van der Waals surface area contributed by atoms with Gasteiger partial charge in [0.1, 0.15) is 0 Å². The van der Waals surface area contributed by atoms with Crippen molar-refractivity contribution in [3.8, 4) is 0 Å². The van der Waals surface area contributed by atoms with Crippen LogP contribution < -0.4 is 0 Å². The second-order valence-electron chi connectivity index (χ2n) is 10.6. The number of hydrogen-bond acceptors (Lipinski definition) is 2. The molecule has 0 aliphatic heterocycles. The minimum atomic E-state index is 1.00. The first-order chi connectivity index (χ1) is 17.0. The van der Waals surface area contributed by atoms with Gasteiger partial charge in [-0.15, -0.1) is 0 Å². The monoisotopic (exact) mass is 485 g/mol. The molecule has 0 heterocycles. The van der Waals surface area contributed by atoms with Crippen LogP contribution in [-0.2, 0) is 0 Å². The fourth-order valence-electron chi connectivity index (χ4n) is 5.30. The quantitative estimate of drug-likeness (QED) is 0.359. The number of aliphatic hydroxyl groups excluding tert-OH is 2. The summed E-state index contributed by atoms with van der Waals surface area (Å²) < 4.78 is 0. The smallest absolute Gasteiger partial charge is 0.0319 e. The molecule has 0 bridgehead atoms. The number of rotatable bonds is 0. The summed E-state index contributed by atoms with van der Waals surface area (Å²) >= 11 is 0. The Balaban J connectivity index is 0. The van der Waals surface area contributed by atoms with Crippen molar-refractivity contribution in [3.63, 3.8) is 0 Å². The molecule has 0 radical (unpaired) electrons. The molecule has 0 spiro atoms. The van der Waals surface area contributed by atoms with Crippen molar-refractivity contribution < 1.29 is 10.2 Å². The molecule has 34 heavy (non-hydrogen) atoms. The molecule has 2 heteroatoms. The topological polar surface area (TPSA) is 40.5 Å². The van der Waals surface area contributed by atoms with Crippen LogP contribution in [0.15, 0.2) is 0 Å². The third-order valence-corrected chi connectivity index (χ3v) is 7.50. The molecular formula is C32H68O2. The second kappa shape index (κ2) is 37.5. The predicted octanol–water partition coefficient (Wildman–Crippen LogP) is 10.9. The van der Waals surface area contributed by atoms with Gasteiger partial charge in [-0.3, -0.25) is 0 Å². The van der Waals surface area contributed by atoms with Crippen molar-refractivity contribution in [1.82, 2.24) is 0 Å². The zero-order chi connectivity index (χ0) is 25.2. The van der Waals surface area contributed by atoms with Crippen LogP contribution >= 0.6 is 0 Å². The first-order valence-electron chi connectivity index (χ1n) is 15.9. The molecule has 5 aliphatic rings. The summed E-state index contributed by atoms with van der Waals surface area (Å²) in [6.45, 7) is 0. The Morgan fingerprint density at radius 1 is 0.147 bits per heavy atom. The van der Waals surface area contributed by atoms with E-state index in [1.54, 1.807) is 0 Å². The molecule has 2 nitrogen and oxygen atoms in total. The van der Waals surface area contributed by atoms with Gasteiger partial charge in [0, 0.05) is 14.2 Å². The highest BCUT2D eigenvalue weighted by Gasteiger charge is 1.97. The zero-order valence-electron chi connectivity index (χ0n) is 24.1. The van der Waals surface area contributed by atoms with Crippen LogP contribution in [0.1, 0.15) is 193 Å². The van der Waals surface area contributed by atoms with E-state index in [2.05, 4.69) is 0 Å². The average Bonchev–Trinajstić information content (AvgIpc) is 3.01. The maximum Gasteiger partial charge on any atom is 0.0319 e. The molecule has 5 saturated carbocycles. The summed E-state index contributed by atoms with van der Waals surface area (Å²) in [5, 5.41) is 14.0. The average molecular weight is 485 g/mol. The minimum Gasteiger partial charge on any atom is -0.400 e. The molecule has 5 fully saturated rings. The van der Waals surface area contributed by atoms with Crippen molar-refractivity contribution >= 4 is 0 Å². The number of hydrogen-bond donors (Lipinski definition) is 2. The SMILES string of the molecule is C1CCCCC1.C1CCCCC1.C1CCCCC1.C1CCCCC1.C1CCCCC1.CO.CO. The molecule has 0 amide bonds. The van der Waals surface area contributed by atoms with Crippen molar-refractivity contribution in [1.29, 1.82) is 0 Å². The molecule has 0 atom stereocenters. The van der Waals surface area contributed by atoms with Crippen molar-refractivity contribution in [2.24, 2.45) is 0 Å². The van der Waals surface area contributed by atoms with Crippen LogP contribution in [-0.4, -0.2) is 24.4 Å². The van der Waals surface area contributed by atoms with E-state index in [-0.39, 0.29) is 0 Å². The van der Waals surface area contributed by atoms with Crippen molar-refractivity contribution in [3.05, 3.63) is 0 Å². The van der Waals surface area contributed by atoms with Crippen molar-refractivity contribution in [2.75, 3.05) is 14.2 Å². The van der Waals surface area contributed by atoms with Crippen LogP contribution in [0.4, 0.5) is 0 Å². The lowest BCUT2D eigenvalue weighted by Gasteiger charge is -2.05. The van der Waals surface area contributed by atoms with Gasteiger partial charge in [0.15, 0.2) is 0 Å². The van der Waals surface area contributed by atoms with E-state index < -0.39 is 0 Å². The fraction of sp³-hybridized carbons (Fsp3) is 1.00. The highest BCUT2D eigenvalue weighted by atomic mass is 16.2. The Morgan fingerprint density at radius 2 is 0.176 bits per heavy atom. The summed E-state index contributed by atoms with van der Waals surface area (Å²) in [7, 11) is 2.00. The summed E-state index contributed by atoms with van der Waals surface area (Å²) in [6.07, 6.45) is 45.0. The van der Waals surface area contributed by atoms with Crippen LogP contribution in [0.2, 0.25) is 0 Å². The molecule has 5 rings (SSSR count). The van der Waals surface area contributed by atoms with Gasteiger partial charge in [-0.25, -0.2) is 0 Å². The van der Waals surface area contributed by atoms with Gasteiger partial charge < -0.3 is 10.2 Å². The van der Waals surface area contributed by atoms with E-state index >= 15 is 0 Å². The standard InChI is InChI=1S/5C6H12.2CH4O/c5*1-2-4-6-5-3-1;2*1-2/h5*1-6H2;2*2H,1H3. The lowest BCUT2D eigenvalue weighted by Crippen LogP contribution is -1.85. The van der Waals surface area contributed by atoms with Crippen LogP contribution in [0.5, 0.6) is 0 Å². The lowest BCUT2D eigenvalue weighted by atomic mass is 10.0. The molecule has 0 aromatic rings. The minimum absolute atomic E-state index is 1.00. The predicted molar refractivity (Wildman–Crippen MR) is 155 cm³/mol. The largest absolute Gasteiger partial charge is 0.400 e. The third kappa shape index (κ3) is 34.1. The summed E-state index contributed by atoms with van der Waals surface area (Å²) in [5.74, 6) is 0. The molecule has 5 aliphatic carbocycles. The van der Waals surface area contributed by atoms with Gasteiger partial charge in [0.25, 0.3) is 0 Å². The maximum absolute atomic E-state index is 7.00. The zero-order valence-corrected chi connectivity index (χ0v) is 24.1. The Labute approximate surface area is 217 Å². The molecule has 0 saturated heterocycles. The van der Waals surface area contributed by atoms with Gasteiger partial charge in [-0.2, -0.15) is 0 Å². The highest BCUT2D eigenvalue weighted by Crippen LogP contribution is 2.17. The Bertz CT molecular complexity index is 158. The van der Waals surface area contributed by atoms with E-state index in [1.165, 1.54) is 193 Å². The molecular weight excluding hydrogens is 416 g/mol. The molecule has 0 unspecified atom stereocenters. The third-order valence-electron chi connectivity index (χ3n) is 7.50. The van der Waals surface area contributed by atoms with E-state index in [4.69, 9.17) is 10.2 Å². The van der Waals surface area contributed by atoms with Gasteiger partial charge >= 0.3 is 0 Å². The maximum atomic E-state index is 7.00. The Hall–Kier alpha value is -0.0800. The van der Waals surface area contributed by atoms with Crippen LogP contribution in [0.25, 0.3) is 0 Å². The van der Waals surface area contributed by atoms with Crippen LogP contribution in [0, 0.1) is 0 Å². The van der Waals surface area contributed by atoms with Gasteiger partial charge in [-0.05, 0) is 0 Å². The summed E-state index contributed by atoms with van der Waals surface area (Å²) in [6, 6.07) is 0. The van der Waals surface area contributed by atoms with E-state index in [0.717, 1.165) is 14.2 Å². The van der Waals surface area contributed by atoms with E-state index in [0.29, 0.717) is 0 Å². The normalized spacial score (nSPS) is 21.5. The first-order valence-corrected chi connectivity index (χ1v) is 15.9. The molecule has 2 N–H and O–H groups in total. The second-order valence-corrected chi connectivity index (χ2v) is 10.6. The van der Waals surface area contributed by atoms with E-state index in [9.17, 15) is 0 Å². The molecule has 208 valence electrons. The van der Waals surface area contributed by atoms with E-state index in [1.807, 2.05) is 0 Å². The van der Waals surface area contributed by atoms with Crippen molar-refractivity contribution in [2.45, 2.75) is 193 Å². The van der Waals surface area contributed by atoms with Gasteiger partial charge in [0.05, 0.1) is 0 Å². The Morgan fingerprint density at radius 3 is 0.206 bits per heavy atom.